The van der Waals surface area contributed by atoms with Crippen molar-refractivity contribution in [1.29, 1.82) is 0 Å². The molecule has 1 aromatic carbocycles. The molecular weight excluding hydrogens is 223 g/mol. The Hall–Kier alpha value is -1.29. The molecule has 2 N–H and O–H groups in total. The van der Waals surface area contributed by atoms with Gasteiger partial charge < -0.3 is 10.2 Å². The first-order valence-corrected chi connectivity index (χ1v) is 4.69. The van der Waals surface area contributed by atoms with Crippen LogP contribution in [0, 0.1) is 5.82 Å². The SMILES string of the molecule is CC(CC(=O)O)c1cc(Cl)c(F)cc1O. The molecular formula is C10H10ClFO3. The van der Waals surface area contributed by atoms with Crippen molar-refractivity contribution in [2.45, 2.75) is 19.3 Å². The molecule has 0 bridgehead atoms. The molecule has 0 radical (unpaired) electrons. The second kappa shape index (κ2) is 4.49. The molecule has 0 heterocycles. The number of carbonyl (C=O) groups is 1. The summed E-state index contributed by atoms with van der Waals surface area (Å²) in [7, 11) is 0. The van der Waals surface area contributed by atoms with Crippen molar-refractivity contribution in [3.05, 3.63) is 28.5 Å². The molecule has 0 spiro atoms. The highest BCUT2D eigenvalue weighted by molar-refractivity contribution is 6.30. The minimum absolute atomic E-state index is 0.125. The van der Waals surface area contributed by atoms with Crippen LogP contribution in [0.1, 0.15) is 24.8 Å². The normalized spacial score (nSPS) is 12.5. The standard InChI is InChI=1S/C10H10ClFO3/c1-5(2-10(14)15)6-3-7(11)8(12)4-9(6)13/h3-5,13H,2H2,1H3,(H,14,15). The van der Waals surface area contributed by atoms with Crippen LogP contribution in [-0.2, 0) is 4.79 Å². The van der Waals surface area contributed by atoms with Crippen molar-refractivity contribution in [1.82, 2.24) is 0 Å². The van der Waals surface area contributed by atoms with Crippen LogP contribution < -0.4 is 0 Å². The van der Waals surface area contributed by atoms with Crippen LogP contribution in [0.25, 0.3) is 0 Å². The number of carboxylic acids is 1. The van der Waals surface area contributed by atoms with Crippen molar-refractivity contribution in [3.63, 3.8) is 0 Å². The summed E-state index contributed by atoms with van der Waals surface area (Å²) in [6.07, 6.45) is -0.143. The van der Waals surface area contributed by atoms with E-state index in [2.05, 4.69) is 0 Å². The molecule has 0 saturated carbocycles. The molecule has 5 heteroatoms. The number of aliphatic carboxylic acids is 1. The van der Waals surface area contributed by atoms with Crippen molar-refractivity contribution in [3.8, 4) is 5.75 Å². The van der Waals surface area contributed by atoms with Crippen LogP contribution in [-0.4, -0.2) is 16.2 Å². The van der Waals surface area contributed by atoms with Gasteiger partial charge in [0.05, 0.1) is 11.4 Å². The molecule has 15 heavy (non-hydrogen) atoms. The van der Waals surface area contributed by atoms with E-state index < -0.39 is 17.7 Å². The van der Waals surface area contributed by atoms with Gasteiger partial charge in [0.15, 0.2) is 0 Å². The van der Waals surface area contributed by atoms with Crippen LogP contribution in [0.15, 0.2) is 12.1 Å². The van der Waals surface area contributed by atoms with Gasteiger partial charge in [-0.05, 0) is 17.5 Å². The number of aromatic hydroxyl groups is 1. The smallest absolute Gasteiger partial charge is 0.303 e. The minimum Gasteiger partial charge on any atom is -0.508 e. The summed E-state index contributed by atoms with van der Waals surface area (Å²) in [5.41, 5.74) is 0.337. The second-order valence-electron chi connectivity index (χ2n) is 3.32. The number of hydrogen-bond donors (Lipinski definition) is 2. The molecule has 0 aliphatic heterocycles. The van der Waals surface area contributed by atoms with E-state index in [1.165, 1.54) is 6.07 Å². The average molecular weight is 233 g/mol. The van der Waals surface area contributed by atoms with Crippen molar-refractivity contribution in [2.75, 3.05) is 0 Å². The lowest BCUT2D eigenvalue weighted by molar-refractivity contribution is -0.137. The van der Waals surface area contributed by atoms with Crippen molar-refractivity contribution in [2.24, 2.45) is 0 Å². The van der Waals surface area contributed by atoms with Crippen molar-refractivity contribution >= 4 is 17.6 Å². The first-order valence-electron chi connectivity index (χ1n) is 4.31. The minimum atomic E-state index is -0.984. The molecule has 1 atom stereocenters. The number of hydrogen-bond acceptors (Lipinski definition) is 2. The molecule has 0 aliphatic carbocycles. The van der Waals surface area contributed by atoms with E-state index in [1.54, 1.807) is 6.92 Å². The summed E-state index contributed by atoms with van der Waals surface area (Å²) in [5.74, 6) is -2.39. The molecule has 1 aromatic rings. The Morgan fingerprint density at radius 3 is 2.73 bits per heavy atom. The van der Waals surface area contributed by atoms with Gasteiger partial charge in [0, 0.05) is 6.07 Å². The lowest BCUT2D eigenvalue weighted by Crippen LogP contribution is -2.03. The Bertz CT molecular complexity index is 392. The molecule has 0 fully saturated rings. The summed E-state index contributed by atoms with van der Waals surface area (Å²) >= 11 is 5.53. The van der Waals surface area contributed by atoms with E-state index in [0.29, 0.717) is 5.56 Å². The predicted octanol–water partition coefficient (Wildman–Crippen LogP) is 2.76. The van der Waals surface area contributed by atoms with Gasteiger partial charge in [0.1, 0.15) is 11.6 Å². The fraction of sp³-hybridized carbons (Fsp3) is 0.300. The highest BCUT2D eigenvalue weighted by Crippen LogP contribution is 2.32. The predicted molar refractivity (Wildman–Crippen MR) is 53.7 cm³/mol. The third kappa shape index (κ3) is 2.83. The van der Waals surface area contributed by atoms with Gasteiger partial charge in [0.2, 0.25) is 0 Å². The van der Waals surface area contributed by atoms with E-state index >= 15 is 0 Å². The largest absolute Gasteiger partial charge is 0.508 e. The van der Waals surface area contributed by atoms with Gasteiger partial charge >= 0.3 is 5.97 Å². The zero-order valence-electron chi connectivity index (χ0n) is 8.00. The molecule has 82 valence electrons. The third-order valence-corrected chi connectivity index (χ3v) is 2.37. The maximum atomic E-state index is 12.9. The van der Waals surface area contributed by atoms with E-state index in [9.17, 15) is 14.3 Å². The average Bonchev–Trinajstić information content (AvgIpc) is 2.09. The highest BCUT2D eigenvalue weighted by Gasteiger charge is 2.16. The van der Waals surface area contributed by atoms with Crippen LogP contribution >= 0.6 is 11.6 Å². The summed E-state index contributed by atoms with van der Waals surface area (Å²) < 4.78 is 12.9. The summed E-state index contributed by atoms with van der Waals surface area (Å²) in [5, 5.41) is 17.9. The summed E-state index contributed by atoms with van der Waals surface area (Å²) in [4.78, 5) is 10.5. The zero-order chi connectivity index (χ0) is 11.6. The monoisotopic (exact) mass is 232 g/mol. The summed E-state index contributed by atoms with van der Waals surface area (Å²) in [6, 6.07) is 2.13. The number of carboxylic acid groups (broad SMARTS) is 1. The van der Waals surface area contributed by atoms with Gasteiger partial charge in [0.25, 0.3) is 0 Å². The fourth-order valence-corrected chi connectivity index (χ4v) is 1.49. The molecule has 0 aliphatic rings. The maximum Gasteiger partial charge on any atom is 0.303 e. The maximum absolute atomic E-state index is 12.9. The molecule has 0 saturated heterocycles. The molecule has 0 aromatic heterocycles. The highest BCUT2D eigenvalue weighted by atomic mass is 35.5. The molecule has 1 unspecified atom stereocenters. The molecule has 0 amide bonds. The summed E-state index contributed by atoms with van der Waals surface area (Å²) in [6.45, 7) is 1.62. The zero-order valence-corrected chi connectivity index (χ0v) is 8.75. The Morgan fingerprint density at radius 2 is 2.20 bits per heavy atom. The van der Waals surface area contributed by atoms with Gasteiger partial charge in [-0.3, -0.25) is 4.79 Å². The van der Waals surface area contributed by atoms with E-state index in [0.717, 1.165) is 6.07 Å². The third-order valence-electron chi connectivity index (χ3n) is 2.08. The number of phenolic OH excluding ortho intramolecular Hbond substituents is 1. The quantitative estimate of drug-likeness (QED) is 0.843. The Balaban J connectivity index is 3.03. The van der Waals surface area contributed by atoms with Gasteiger partial charge in [-0.1, -0.05) is 18.5 Å². The van der Waals surface area contributed by atoms with E-state index in [-0.39, 0.29) is 17.2 Å². The first kappa shape index (κ1) is 11.8. The van der Waals surface area contributed by atoms with Crippen LogP contribution in [0.3, 0.4) is 0 Å². The van der Waals surface area contributed by atoms with Crippen LogP contribution in [0.4, 0.5) is 4.39 Å². The molecule has 1 rings (SSSR count). The molecule has 3 nitrogen and oxygen atoms in total. The Labute approximate surface area is 91.1 Å². The topological polar surface area (TPSA) is 57.5 Å². The second-order valence-corrected chi connectivity index (χ2v) is 3.73. The van der Waals surface area contributed by atoms with Gasteiger partial charge in [-0.25, -0.2) is 4.39 Å². The van der Waals surface area contributed by atoms with Gasteiger partial charge in [-0.15, -0.1) is 0 Å². The fourth-order valence-electron chi connectivity index (χ4n) is 1.32. The lowest BCUT2D eigenvalue weighted by atomic mass is 9.97. The number of halogens is 2. The van der Waals surface area contributed by atoms with E-state index in [1.807, 2.05) is 0 Å². The van der Waals surface area contributed by atoms with Crippen molar-refractivity contribution < 1.29 is 19.4 Å². The first-order chi connectivity index (χ1) is 6.91. The Kier molecular flexibility index (Phi) is 3.52. The lowest BCUT2D eigenvalue weighted by Gasteiger charge is -2.11. The van der Waals surface area contributed by atoms with Crippen LogP contribution in [0.5, 0.6) is 5.75 Å². The number of rotatable bonds is 3. The van der Waals surface area contributed by atoms with Crippen LogP contribution in [0.2, 0.25) is 5.02 Å². The number of phenols is 1. The Morgan fingerprint density at radius 1 is 1.60 bits per heavy atom. The number of benzene rings is 1. The van der Waals surface area contributed by atoms with E-state index in [4.69, 9.17) is 16.7 Å². The van der Waals surface area contributed by atoms with Gasteiger partial charge in [-0.2, -0.15) is 0 Å².